The average molecular weight is 752 g/mol. The lowest BCUT2D eigenvalue weighted by molar-refractivity contribution is -0.193. The second-order valence-electron chi connectivity index (χ2n) is 10.8. The van der Waals surface area contributed by atoms with Gasteiger partial charge in [0.2, 0.25) is 0 Å². The largest absolute Gasteiger partial charge is 0.490 e. The maximum atomic E-state index is 10.6. The van der Waals surface area contributed by atoms with Gasteiger partial charge in [-0.1, -0.05) is 51.4 Å². The number of hydrogen-bond donors (Lipinski definition) is 8. The third kappa shape index (κ3) is 42.3. The van der Waals surface area contributed by atoms with Crippen LogP contribution in [0.4, 0.5) is 39.5 Å². The predicted molar refractivity (Wildman–Crippen MR) is 167 cm³/mol. The summed E-state index contributed by atoms with van der Waals surface area (Å²) < 4.78 is 95.2. The minimum atomic E-state index is -5.08. The molecule has 0 heterocycles. The van der Waals surface area contributed by atoms with Gasteiger partial charge in [-0.25, -0.2) is 14.4 Å². The molecule has 1 aliphatic rings. The van der Waals surface area contributed by atoms with Crippen molar-refractivity contribution in [2.75, 3.05) is 32.7 Å². The fraction of sp³-hybridized carbons (Fsp3) is 0.821. The first-order valence-electron chi connectivity index (χ1n) is 15.7. The zero-order valence-corrected chi connectivity index (χ0v) is 27.6. The van der Waals surface area contributed by atoms with Gasteiger partial charge in [-0.2, -0.15) is 39.5 Å². The zero-order valence-electron chi connectivity index (χ0n) is 27.6. The molecule has 1 rings (SSSR count). The van der Waals surface area contributed by atoms with Gasteiger partial charge in [-0.05, 0) is 57.5 Å². The second-order valence-corrected chi connectivity index (χ2v) is 10.8. The van der Waals surface area contributed by atoms with Gasteiger partial charge < -0.3 is 43.2 Å². The van der Waals surface area contributed by atoms with Crippen LogP contribution in [0, 0.1) is 5.92 Å². The molecule has 13 nitrogen and oxygen atoms in total. The summed E-state index contributed by atoms with van der Waals surface area (Å²) in [6.45, 7) is 4.95. The quantitative estimate of drug-likeness (QED) is 0.0366. The first kappa shape index (κ1) is 50.7. The lowest BCUT2D eigenvalue weighted by Crippen LogP contribution is -2.32. The number of guanidine groups is 2. The summed E-state index contributed by atoms with van der Waals surface area (Å²) in [6, 6.07) is 0. The van der Waals surface area contributed by atoms with Crippen LogP contribution in [-0.2, 0) is 14.4 Å². The number of alkyl halides is 9. The summed E-state index contributed by atoms with van der Waals surface area (Å²) in [7, 11) is 0. The Bertz CT molecular complexity index is 916. The molecule has 50 heavy (non-hydrogen) atoms. The Kier molecular flexibility index (Phi) is 29.4. The third-order valence-corrected chi connectivity index (χ3v) is 6.09. The predicted octanol–water partition coefficient (Wildman–Crippen LogP) is 4.74. The highest BCUT2D eigenvalue weighted by atomic mass is 19.4. The van der Waals surface area contributed by atoms with Gasteiger partial charge in [0.25, 0.3) is 0 Å². The van der Waals surface area contributed by atoms with Crippen molar-refractivity contribution in [2.45, 2.75) is 108 Å². The van der Waals surface area contributed by atoms with E-state index < -0.39 is 36.4 Å². The van der Waals surface area contributed by atoms with E-state index in [2.05, 4.69) is 20.6 Å². The van der Waals surface area contributed by atoms with Crippen LogP contribution >= 0.6 is 0 Å². The van der Waals surface area contributed by atoms with E-state index in [1.807, 2.05) is 0 Å². The molecule has 0 aromatic carbocycles. The topological polar surface area (TPSA) is 239 Å². The van der Waals surface area contributed by atoms with E-state index in [1.54, 1.807) is 0 Å². The maximum Gasteiger partial charge on any atom is 0.490 e. The number of aliphatic carboxylic acids is 3. The number of nitrogens with one attached hydrogen (secondary N) is 2. The van der Waals surface area contributed by atoms with Gasteiger partial charge in [-0.15, -0.1) is 0 Å². The molecule has 1 aliphatic carbocycles. The van der Waals surface area contributed by atoms with Crippen LogP contribution in [0.25, 0.3) is 0 Å². The van der Waals surface area contributed by atoms with Gasteiger partial charge in [0.15, 0.2) is 11.9 Å². The lowest BCUT2D eigenvalue weighted by atomic mass is 10.1. The van der Waals surface area contributed by atoms with E-state index in [9.17, 15) is 39.5 Å². The first-order chi connectivity index (χ1) is 23.0. The highest BCUT2D eigenvalue weighted by Crippen LogP contribution is 2.28. The highest BCUT2D eigenvalue weighted by Gasteiger charge is 2.39. The third-order valence-electron chi connectivity index (χ3n) is 6.09. The van der Waals surface area contributed by atoms with Crippen LogP contribution in [0.5, 0.6) is 0 Å². The molecule has 11 N–H and O–H groups in total. The zero-order chi connectivity index (χ0) is 39.2. The normalized spacial score (nSPS) is 12.9. The van der Waals surface area contributed by atoms with Crippen LogP contribution in [0.15, 0.2) is 9.98 Å². The number of halogens is 9. The van der Waals surface area contributed by atoms with Crippen molar-refractivity contribution < 1.29 is 69.2 Å². The number of carbonyl (C=O) groups is 3. The van der Waals surface area contributed by atoms with Gasteiger partial charge in [-0.3, -0.25) is 9.98 Å². The molecule has 1 fully saturated rings. The standard InChI is InChI=1S/C22H47N7.3C2HF3O2/c23-21(24)27-17-11-7-3-1-5-9-15-26-16-10-6-2-4-8-12-18-28-22(25)29-19-20-13-14-20;3*3-2(4,5)1(6)7/h20,26H,1-19H2,(H4,23,24,27)(H3,25,28,29);3*(H,6,7). The SMILES string of the molecule is NC(N)=NCCCCCCCCNCCCCCCCCNC(N)=NCC1CC1.O=C(O)C(F)(F)F.O=C(O)C(F)(F)F.O=C(O)C(F)(F)F. The number of rotatable bonds is 20. The molecule has 1 saturated carbocycles. The Labute approximate surface area is 284 Å². The Hall–Kier alpha value is -3.72. The van der Waals surface area contributed by atoms with E-state index in [-0.39, 0.29) is 5.96 Å². The van der Waals surface area contributed by atoms with Crippen molar-refractivity contribution in [3.8, 4) is 0 Å². The number of hydrogen-bond acceptors (Lipinski definition) is 6. The Morgan fingerprint density at radius 2 is 0.880 bits per heavy atom. The summed E-state index contributed by atoms with van der Waals surface area (Å²) in [5, 5.41) is 28.2. The monoisotopic (exact) mass is 751 g/mol. The molecular weight excluding hydrogens is 701 g/mol. The Morgan fingerprint density at radius 3 is 1.20 bits per heavy atom. The number of nitrogens with zero attached hydrogens (tertiary/aromatic N) is 2. The smallest absolute Gasteiger partial charge is 0.475 e. The van der Waals surface area contributed by atoms with Gasteiger partial charge in [0.05, 0.1) is 0 Å². The van der Waals surface area contributed by atoms with Crippen molar-refractivity contribution in [2.24, 2.45) is 33.1 Å². The molecule has 0 unspecified atom stereocenters. The molecular formula is C28H50F9N7O6. The van der Waals surface area contributed by atoms with Gasteiger partial charge in [0, 0.05) is 19.6 Å². The summed E-state index contributed by atoms with van der Waals surface area (Å²) >= 11 is 0. The molecule has 0 aromatic heterocycles. The molecule has 0 saturated heterocycles. The summed E-state index contributed by atoms with van der Waals surface area (Å²) in [4.78, 5) is 35.1. The molecule has 0 bridgehead atoms. The maximum absolute atomic E-state index is 10.6. The molecule has 0 amide bonds. The van der Waals surface area contributed by atoms with Crippen LogP contribution < -0.4 is 27.8 Å². The van der Waals surface area contributed by atoms with E-state index >= 15 is 0 Å². The number of unbranched alkanes of at least 4 members (excludes halogenated alkanes) is 10. The lowest BCUT2D eigenvalue weighted by Gasteiger charge is -2.06. The second kappa shape index (κ2) is 29.1. The fourth-order valence-corrected chi connectivity index (χ4v) is 3.28. The van der Waals surface area contributed by atoms with E-state index in [1.165, 1.54) is 83.5 Å². The van der Waals surface area contributed by atoms with Crippen molar-refractivity contribution in [1.82, 2.24) is 10.6 Å². The minimum Gasteiger partial charge on any atom is -0.475 e. The molecule has 0 atom stereocenters. The summed E-state index contributed by atoms with van der Waals surface area (Å²) in [5.41, 5.74) is 16.5. The van der Waals surface area contributed by atoms with Crippen LogP contribution in [0.2, 0.25) is 0 Å². The molecule has 0 spiro atoms. The van der Waals surface area contributed by atoms with E-state index in [4.69, 9.17) is 46.9 Å². The number of carboxylic acid groups (broad SMARTS) is 3. The van der Waals surface area contributed by atoms with Crippen LogP contribution in [-0.4, -0.2) is 96.4 Å². The molecule has 0 aliphatic heterocycles. The van der Waals surface area contributed by atoms with Crippen molar-refractivity contribution in [3.63, 3.8) is 0 Å². The van der Waals surface area contributed by atoms with E-state index in [0.717, 1.165) is 45.1 Å². The summed E-state index contributed by atoms with van der Waals surface area (Å²) in [5.74, 6) is -6.62. The Morgan fingerprint density at radius 1 is 0.560 bits per heavy atom. The molecule has 22 heteroatoms. The molecule has 296 valence electrons. The molecule has 0 radical (unpaired) electrons. The van der Waals surface area contributed by atoms with Gasteiger partial charge >= 0.3 is 36.4 Å². The number of aliphatic imine (C=N–C) groups is 2. The van der Waals surface area contributed by atoms with Crippen LogP contribution in [0.1, 0.15) is 89.9 Å². The van der Waals surface area contributed by atoms with Crippen molar-refractivity contribution >= 4 is 29.8 Å². The fourth-order valence-electron chi connectivity index (χ4n) is 3.28. The van der Waals surface area contributed by atoms with Crippen LogP contribution in [0.3, 0.4) is 0 Å². The number of nitrogens with two attached hydrogens (primary N) is 3. The number of carboxylic acids is 3. The summed E-state index contributed by atoms with van der Waals surface area (Å²) in [6.07, 6.45) is 2.69. The molecule has 0 aromatic rings. The Balaban J connectivity index is -0.000000846. The highest BCUT2D eigenvalue weighted by molar-refractivity contribution is 5.77. The van der Waals surface area contributed by atoms with Crippen molar-refractivity contribution in [3.05, 3.63) is 0 Å². The minimum absolute atomic E-state index is 0.207. The van der Waals surface area contributed by atoms with Gasteiger partial charge in [0.1, 0.15) is 0 Å². The first-order valence-corrected chi connectivity index (χ1v) is 15.7. The average Bonchev–Trinajstić information content (AvgIpc) is 3.81. The van der Waals surface area contributed by atoms with Crippen molar-refractivity contribution in [1.29, 1.82) is 0 Å². The van der Waals surface area contributed by atoms with E-state index in [0.29, 0.717) is 5.96 Å².